The minimum Gasteiger partial charge on any atom is -0.376 e. The normalized spacial score (nSPS) is 16.8. The van der Waals surface area contributed by atoms with Crippen molar-refractivity contribution in [1.82, 2.24) is 24.6 Å². The van der Waals surface area contributed by atoms with Crippen LogP contribution in [0.4, 0.5) is 0 Å². The molecule has 0 aromatic carbocycles. The smallest absolute Gasteiger partial charge is 0.258 e. The van der Waals surface area contributed by atoms with Crippen molar-refractivity contribution in [2.45, 2.75) is 53.2 Å². The number of hydrogen-bond acceptors (Lipinski definition) is 5. The summed E-state index contributed by atoms with van der Waals surface area (Å²) in [5.41, 5.74) is 2.61. The van der Waals surface area contributed by atoms with Crippen LogP contribution in [-0.4, -0.2) is 44.5 Å². The number of rotatable bonds is 5. The number of nitrogens with one attached hydrogen (secondary N) is 1. The highest BCUT2D eigenvalue weighted by atomic mass is 16.5. The van der Waals surface area contributed by atoms with Crippen molar-refractivity contribution in [1.29, 1.82) is 0 Å². The van der Waals surface area contributed by atoms with Crippen LogP contribution in [0, 0.1) is 27.7 Å². The first-order chi connectivity index (χ1) is 12.4. The van der Waals surface area contributed by atoms with Gasteiger partial charge in [0.15, 0.2) is 0 Å². The number of hydrogen-bond donors (Lipinski definition) is 1. The fraction of sp³-hybridized carbons (Fsp3) is 0.556. The molecule has 26 heavy (non-hydrogen) atoms. The van der Waals surface area contributed by atoms with Gasteiger partial charge in [0.2, 0.25) is 11.9 Å². The van der Waals surface area contributed by atoms with E-state index in [1.54, 1.807) is 18.5 Å². The van der Waals surface area contributed by atoms with Crippen LogP contribution in [-0.2, 0) is 16.1 Å². The number of amides is 1. The third kappa shape index (κ3) is 3.70. The second-order valence-corrected chi connectivity index (χ2v) is 6.79. The fourth-order valence-electron chi connectivity index (χ4n) is 3.11. The maximum atomic E-state index is 12.8. The van der Waals surface area contributed by atoms with Crippen LogP contribution in [0.1, 0.15) is 35.5 Å². The zero-order valence-electron chi connectivity index (χ0n) is 15.7. The Labute approximate surface area is 152 Å². The number of carbonyl (C=O) groups excluding carboxylic acids is 1. The second kappa shape index (κ2) is 7.41. The molecular weight excluding hydrogens is 334 g/mol. The van der Waals surface area contributed by atoms with Gasteiger partial charge in [0.1, 0.15) is 6.54 Å². The molecule has 1 amide bonds. The maximum absolute atomic E-state index is 12.8. The summed E-state index contributed by atoms with van der Waals surface area (Å²) >= 11 is 0. The SMILES string of the molecule is Cc1cc(C)n(-c2nc(C)c(C)c(=O)n2CC(=O)NCC2CCCO2)n1. The van der Waals surface area contributed by atoms with Crippen molar-refractivity contribution in [3.05, 3.63) is 39.1 Å². The summed E-state index contributed by atoms with van der Waals surface area (Å²) in [6.45, 7) is 8.37. The Balaban J connectivity index is 1.89. The van der Waals surface area contributed by atoms with E-state index in [0.717, 1.165) is 30.8 Å². The molecule has 1 atom stereocenters. The lowest BCUT2D eigenvalue weighted by Gasteiger charge is -2.16. The van der Waals surface area contributed by atoms with Gasteiger partial charge in [-0.05, 0) is 46.6 Å². The van der Waals surface area contributed by atoms with Crippen molar-refractivity contribution in [3.63, 3.8) is 0 Å². The predicted octanol–water partition coefficient (Wildman–Crippen LogP) is 0.958. The van der Waals surface area contributed by atoms with Crippen LogP contribution < -0.4 is 10.9 Å². The van der Waals surface area contributed by atoms with Gasteiger partial charge in [0.05, 0.1) is 11.8 Å². The first-order valence-electron chi connectivity index (χ1n) is 8.87. The third-order valence-electron chi connectivity index (χ3n) is 4.67. The van der Waals surface area contributed by atoms with Gasteiger partial charge in [-0.3, -0.25) is 14.2 Å². The topological polar surface area (TPSA) is 91.0 Å². The summed E-state index contributed by atoms with van der Waals surface area (Å²) in [4.78, 5) is 29.7. The van der Waals surface area contributed by atoms with Crippen LogP contribution in [0.15, 0.2) is 10.9 Å². The molecule has 2 aromatic rings. The molecule has 0 aliphatic carbocycles. The van der Waals surface area contributed by atoms with Gasteiger partial charge in [-0.25, -0.2) is 9.67 Å². The van der Waals surface area contributed by atoms with E-state index in [4.69, 9.17) is 4.74 Å². The number of aryl methyl sites for hydroxylation is 3. The van der Waals surface area contributed by atoms with Gasteiger partial charge >= 0.3 is 0 Å². The van der Waals surface area contributed by atoms with E-state index in [2.05, 4.69) is 15.4 Å². The Morgan fingerprint density at radius 2 is 2.12 bits per heavy atom. The average Bonchev–Trinajstić information content (AvgIpc) is 3.22. The van der Waals surface area contributed by atoms with Crippen molar-refractivity contribution < 1.29 is 9.53 Å². The highest BCUT2D eigenvalue weighted by Gasteiger charge is 2.20. The zero-order chi connectivity index (χ0) is 18.8. The van der Waals surface area contributed by atoms with Crippen LogP contribution in [0.25, 0.3) is 5.95 Å². The lowest BCUT2D eigenvalue weighted by molar-refractivity contribution is -0.122. The van der Waals surface area contributed by atoms with Crippen LogP contribution in [0.5, 0.6) is 0 Å². The molecule has 0 spiro atoms. The van der Waals surface area contributed by atoms with Crippen molar-refractivity contribution in [2.24, 2.45) is 0 Å². The minimum absolute atomic E-state index is 0.0593. The Hall–Kier alpha value is -2.48. The largest absolute Gasteiger partial charge is 0.376 e. The van der Waals surface area contributed by atoms with E-state index in [9.17, 15) is 9.59 Å². The summed E-state index contributed by atoms with van der Waals surface area (Å²) in [6, 6.07) is 1.91. The van der Waals surface area contributed by atoms with Gasteiger partial charge in [-0.2, -0.15) is 5.10 Å². The molecule has 3 heterocycles. The maximum Gasteiger partial charge on any atom is 0.258 e. The molecule has 1 unspecified atom stereocenters. The molecule has 1 aliphatic heterocycles. The summed E-state index contributed by atoms with van der Waals surface area (Å²) in [7, 11) is 0. The molecule has 1 fully saturated rings. The summed E-state index contributed by atoms with van der Waals surface area (Å²) in [5, 5.41) is 7.26. The number of nitrogens with zero attached hydrogens (tertiary/aromatic N) is 4. The number of carbonyl (C=O) groups is 1. The molecule has 0 radical (unpaired) electrons. The molecule has 1 N–H and O–H groups in total. The van der Waals surface area contributed by atoms with Gasteiger partial charge < -0.3 is 10.1 Å². The fourth-order valence-corrected chi connectivity index (χ4v) is 3.11. The van der Waals surface area contributed by atoms with Crippen molar-refractivity contribution in [3.8, 4) is 5.95 Å². The molecule has 2 aromatic heterocycles. The number of ether oxygens (including phenoxy) is 1. The van der Waals surface area contributed by atoms with Gasteiger partial charge in [-0.1, -0.05) is 0 Å². The molecule has 140 valence electrons. The van der Waals surface area contributed by atoms with E-state index in [-0.39, 0.29) is 24.1 Å². The predicted molar refractivity (Wildman–Crippen MR) is 96.6 cm³/mol. The second-order valence-electron chi connectivity index (χ2n) is 6.79. The van der Waals surface area contributed by atoms with Gasteiger partial charge in [0, 0.05) is 30.1 Å². The van der Waals surface area contributed by atoms with E-state index < -0.39 is 0 Å². The molecular formula is C18H25N5O3. The van der Waals surface area contributed by atoms with E-state index in [1.807, 2.05) is 19.9 Å². The molecule has 8 heteroatoms. The monoisotopic (exact) mass is 359 g/mol. The quantitative estimate of drug-likeness (QED) is 0.859. The van der Waals surface area contributed by atoms with Crippen LogP contribution >= 0.6 is 0 Å². The van der Waals surface area contributed by atoms with E-state index in [1.165, 1.54) is 4.57 Å². The molecule has 1 saturated heterocycles. The van der Waals surface area contributed by atoms with Gasteiger partial charge in [-0.15, -0.1) is 0 Å². The Bertz CT molecular complexity index is 878. The molecule has 0 saturated carbocycles. The minimum atomic E-state index is -0.240. The lowest BCUT2D eigenvalue weighted by atomic mass is 10.2. The van der Waals surface area contributed by atoms with Crippen LogP contribution in [0.3, 0.4) is 0 Å². The first kappa shape index (κ1) is 18.3. The summed E-state index contributed by atoms with van der Waals surface area (Å²) in [6.07, 6.45) is 2.02. The highest BCUT2D eigenvalue weighted by Crippen LogP contribution is 2.12. The Morgan fingerprint density at radius 1 is 1.35 bits per heavy atom. The Morgan fingerprint density at radius 3 is 2.73 bits per heavy atom. The van der Waals surface area contributed by atoms with Crippen molar-refractivity contribution in [2.75, 3.05) is 13.2 Å². The van der Waals surface area contributed by atoms with Gasteiger partial charge in [0.25, 0.3) is 5.56 Å². The molecule has 0 bridgehead atoms. The average molecular weight is 359 g/mol. The van der Waals surface area contributed by atoms with Crippen LogP contribution in [0.2, 0.25) is 0 Å². The van der Waals surface area contributed by atoms with E-state index in [0.29, 0.717) is 23.8 Å². The highest BCUT2D eigenvalue weighted by molar-refractivity contribution is 5.76. The first-order valence-corrected chi connectivity index (χ1v) is 8.87. The summed E-state index contributed by atoms with van der Waals surface area (Å²) in [5.74, 6) is 0.117. The zero-order valence-corrected chi connectivity index (χ0v) is 15.7. The van der Waals surface area contributed by atoms with Crippen molar-refractivity contribution >= 4 is 5.91 Å². The summed E-state index contributed by atoms with van der Waals surface area (Å²) < 4.78 is 8.50. The third-order valence-corrected chi connectivity index (χ3v) is 4.67. The molecule has 1 aliphatic rings. The molecule has 3 rings (SSSR count). The Kier molecular flexibility index (Phi) is 5.22. The molecule has 8 nitrogen and oxygen atoms in total. The van der Waals surface area contributed by atoms with E-state index >= 15 is 0 Å². The number of aromatic nitrogens is 4. The lowest BCUT2D eigenvalue weighted by Crippen LogP contribution is -2.38. The standard InChI is InChI=1S/C18H25N5O3/c1-11-8-12(2)23(21-11)18-20-14(4)13(3)17(25)22(18)10-16(24)19-9-15-6-5-7-26-15/h8,15H,5-7,9-10H2,1-4H3,(H,19,24).